The second-order valence-electron chi connectivity index (χ2n) is 5.22. The molecule has 128 valence electrons. The van der Waals surface area contributed by atoms with E-state index in [9.17, 15) is 4.79 Å². The van der Waals surface area contributed by atoms with Crippen LogP contribution in [0.2, 0.25) is 0 Å². The van der Waals surface area contributed by atoms with Gasteiger partial charge < -0.3 is 20.1 Å². The third kappa shape index (κ3) is 5.93. The molecule has 5 heteroatoms. The molecule has 0 unspecified atom stereocenters. The highest BCUT2D eigenvalue weighted by atomic mass is 16.5. The monoisotopic (exact) mass is 328 g/mol. The maximum absolute atomic E-state index is 12.0. The van der Waals surface area contributed by atoms with Crippen molar-refractivity contribution in [2.24, 2.45) is 0 Å². The smallest absolute Gasteiger partial charge is 0.262 e. The first-order valence-electron chi connectivity index (χ1n) is 8.16. The summed E-state index contributed by atoms with van der Waals surface area (Å²) < 4.78 is 10.9. The van der Waals surface area contributed by atoms with Gasteiger partial charge in [0.25, 0.3) is 5.91 Å². The molecule has 2 rings (SSSR count). The van der Waals surface area contributed by atoms with Crippen LogP contribution in [0.3, 0.4) is 0 Å². The van der Waals surface area contributed by atoms with Crippen LogP contribution in [-0.2, 0) is 11.3 Å². The van der Waals surface area contributed by atoms with Crippen LogP contribution in [0, 0.1) is 0 Å². The first-order valence-corrected chi connectivity index (χ1v) is 8.16. The highest BCUT2D eigenvalue weighted by Gasteiger charge is 2.05. The molecule has 0 saturated heterocycles. The Balaban J connectivity index is 1.82. The van der Waals surface area contributed by atoms with Crippen molar-refractivity contribution in [1.82, 2.24) is 5.32 Å². The molecule has 0 spiro atoms. The van der Waals surface area contributed by atoms with Crippen molar-refractivity contribution < 1.29 is 14.3 Å². The average Bonchev–Trinajstić information content (AvgIpc) is 2.60. The third-order valence-corrected chi connectivity index (χ3v) is 3.29. The number of hydrogen-bond donors (Lipinski definition) is 2. The van der Waals surface area contributed by atoms with Gasteiger partial charge in [0.05, 0.1) is 6.61 Å². The van der Waals surface area contributed by atoms with Crippen molar-refractivity contribution in [3.63, 3.8) is 0 Å². The highest BCUT2D eigenvalue weighted by Crippen LogP contribution is 2.17. The van der Waals surface area contributed by atoms with E-state index < -0.39 is 0 Å². The van der Waals surface area contributed by atoms with Crippen molar-refractivity contribution >= 4 is 11.6 Å². The number of carbonyl (C=O) groups excluding carboxylic acids is 1. The number of hydrogen-bond acceptors (Lipinski definition) is 4. The zero-order chi connectivity index (χ0) is 17.2. The SMILES string of the molecule is CCNCc1cccc(NC(=O)COc2ccc(OCC)cc2)c1. The van der Waals surface area contributed by atoms with Crippen LogP contribution in [0.1, 0.15) is 19.4 Å². The topological polar surface area (TPSA) is 59.6 Å². The van der Waals surface area contributed by atoms with Gasteiger partial charge in [0.15, 0.2) is 6.61 Å². The summed E-state index contributed by atoms with van der Waals surface area (Å²) in [6, 6.07) is 15.0. The maximum Gasteiger partial charge on any atom is 0.262 e. The van der Waals surface area contributed by atoms with E-state index in [-0.39, 0.29) is 12.5 Å². The van der Waals surface area contributed by atoms with Crippen LogP contribution in [0.15, 0.2) is 48.5 Å². The summed E-state index contributed by atoms with van der Waals surface area (Å²) in [6.07, 6.45) is 0. The molecule has 1 amide bonds. The summed E-state index contributed by atoms with van der Waals surface area (Å²) in [5, 5.41) is 6.10. The summed E-state index contributed by atoms with van der Waals surface area (Å²) in [5.74, 6) is 1.23. The zero-order valence-corrected chi connectivity index (χ0v) is 14.2. The van der Waals surface area contributed by atoms with Crippen LogP contribution in [0.4, 0.5) is 5.69 Å². The van der Waals surface area contributed by atoms with Gasteiger partial charge in [0.2, 0.25) is 0 Å². The fourth-order valence-corrected chi connectivity index (χ4v) is 2.17. The minimum atomic E-state index is -0.190. The number of nitrogens with one attached hydrogen (secondary N) is 2. The number of carbonyl (C=O) groups is 1. The zero-order valence-electron chi connectivity index (χ0n) is 14.2. The Hall–Kier alpha value is -2.53. The van der Waals surface area contributed by atoms with Gasteiger partial charge in [-0.1, -0.05) is 19.1 Å². The van der Waals surface area contributed by atoms with E-state index in [1.54, 1.807) is 12.1 Å². The summed E-state index contributed by atoms with van der Waals surface area (Å²) in [6.45, 7) is 6.27. The third-order valence-electron chi connectivity index (χ3n) is 3.29. The van der Waals surface area contributed by atoms with E-state index in [2.05, 4.69) is 17.6 Å². The number of ether oxygens (including phenoxy) is 2. The molecule has 0 bridgehead atoms. The lowest BCUT2D eigenvalue weighted by Gasteiger charge is -2.10. The van der Waals surface area contributed by atoms with Crippen molar-refractivity contribution in [2.75, 3.05) is 25.1 Å². The largest absolute Gasteiger partial charge is 0.494 e. The quantitative estimate of drug-likeness (QED) is 0.742. The Morgan fingerprint density at radius 1 is 1.00 bits per heavy atom. The molecule has 0 aliphatic heterocycles. The molecule has 0 aliphatic carbocycles. The van der Waals surface area contributed by atoms with E-state index >= 15 is 0 Å². The second-order valence-corrected chi connectivity index (χ2v) is 5.22. The molecule has 0 radical (unpaired) electrons. The molecule has 0 aromatic heterocycles. The Labute approximate surface area is 143 Å². The molecule has 2 aromatic carbocycles. The van der Waals surface area contributed by atoms with E-state index in [1.807, 2.05) is 43.3 Å². The average molecular weight is 328 g/mol. The summed E-state index contributed by atoms with van der Waals surface area (Å²) in [4.78, 5) is 12.0. The maximum atomic E-state index is 12.0. The molecule has 5 nitrogen and oxygen atoms in total. The van der Waals surface area contributed by atoms with Crippen molar-refractivity contribution in [1.29, 1.82) is 0 Å². The lowest BCUT2D eigenvalue weighted by atomic mass is 10.2. The Kier molecular flexibility index (Phi) is 7.11. The minimum absolute atomic E-state index is 0.0363. The Morgan fingerprint density at radius 3 is 2.38 bits per heavy atom. The molecule has 0 fully saturated rings. The molecule has 0 heterocycles. The number of rotatable bonds is 9. The van der Waals surface area contributed by atoms with Crippen LogP contribution in [0.5, 0.6) is 11.5 Å². The molecule has 0 atom stereocenters. The predicted octanol–water partition coefficient (Wildman–Crippen LogP) is 3.21. The number of anilines is 1. The van der Waals surface area contributed by atoms with Crippen molar-refractivity contribution in [3.8, 4) is 11.5 Å². The van der Waals surface area contributed by atoms with Crippen LogP contribution in [0.25, 0.3) is 0 Å². The van der Waals surface area contributed by atoms with Gasteiger partial charge >= 0.3 is 0 Å². The Bertz CT molecular complexity index is 641. The van der Waals surface area contributed by atoms with Gasteiger partial charge in [-0.25, -0.2) is 0 Å². The Morgan fingerprint density at radius 2 is 1.71 bits per heavy atom. The summed E-state index contributed by atoms with van der Waals surface area (Å²) in [5.41, 5.74) is 1.90. The van der Waals surface area contributed by atoms with Gasteiger partial charge in [-0.2, -0.15) is 0 Å². The highest BCUT2D eigenvalue weighted by molar-refractivity contribution is 5.91. The van der Waals surface area contributed by atoms with E-state index in [0.29, 0.717) is 12.4 Å². The molecule has 2 N–H and O–H groups in total. The van der Waals surface area contributed by atoms with Crippen LogP contribution in [-0.4, -0.2) is 25.7 Å². The van der Waals surface area contributed by atoms with E-state index in [1.165, 1.54) is 0 Å². The lowest BCUT2D eigenvalue weighted by Crippen LogP contribution is -2.20. The van der Waals surface area contributed by atoms with Gasteiger partial charge in [-0.3, -0.25) is 4.79 Å². The van der Waals surface area contributed by atoms with E-state index in [4.69, 9.17) is 9.47 Å². The van der Waals surface area contributed by atoms with Crippen LogP contribution < -0.4 is 20.1 Å². The molecular weight excluding hydrogens is 304 g/mol. The molecule has 24 heavy (non-hydrogen) atoms. The van der Waals surface area contributed by atoms with Gasteiger partial charge in [-0.15, -0.1) is 0 Å². The first kappa shape index (κ1) is 17.8. The van der Waals surface area contributed by atoms with Gasteiger partial charge in [0, 0.05) is 12.2 Å². The van der Waals surface area contributed by atoms with Crippen LogP contribution >= 0.6 is 0 Å². The van der Waals surface area contributed by atoms with E-state index in [0.717, 1.165) is 30.1 Å². The van der Waals surface area contributed by atoms with Gasteiger partial charge in [-0.05, 0) is 55.4 Å². The molecule has 0 saturated carbocycles. The lowest BCUT2D eigenvalue weighted by molar-refractivity contribution is -0.118. The predicted molar refractivity (Wildman–Crippen MR) is 95.6 cm³/mol. The fourth-order valence-electron chi connectivity index (χ4n) is 2.17. The molecule has 0 aliphatic rings. The first-order chi connectivity index (χ1) is 11.7. The second kappa shape index (κ2) is 9.57. The van der Waals surface area contributed by atoms with Crippen molar-refractivity contribution in [2.45, 2.75) is 20.4 Å². The summed E-state index contributed by atoms with van der Waals surface area (Å²) >= 11 is 0. The molecule has 2 aromatic rings. The number of benzene rings is 2. The standard InChI is InChI=1S/C19H24N2O3/c1-3-20-13-15-6-5-7-16(12-15)21-19(22)14-24-18-10-8-17(9-11-18)23-4-2/h5-12,20H,3-4,13-14H2,1-2H3,(H,21,22). The molecular formula is C19H24N2O3. The minimum Gasteiger partial charge on any atom is -0.494 e. The fraction of sp³-hybridized carbons (Fsp3) is 0.316. The number of amides is 1. The van der Waals surface area contributed by atoms with Gasteiger partial charge in [0.1, 0.15) is 11.5 Å². The van der Waals surface area contributed by atoms with Crippen molar-refractivity contribution in [3.05, 3.63) is 54.1 Å². The normalized spacial score (nSPS) is 10.2. The summed E-state index contributed by atoms with van der Waals surface area (Å²) in [7, 11) is 0.